The topological polar surface area (TPSA) is 86.3 Å². The Balaban J connectivity index is 2.32. The number of hydrogen-bond acceptors (Lipinski definition) is 3. The smallest absolute Gasteiger partial charge is 0.305 e. The first-order valence-corrected chi connectivity index (χ1v) is 6.17. The summed E-state index contributed by atoms with van der Waals surface area (Å²) in [6, 6.07) is 7.36. The van der Waals surface area contributed by atoms with Crippen molar-refractivity contribution in [1.82, 2.24) is 9.97 Å². The van der Waals surface area contributed by atoms with Crippen LogP contribution in [-0.2, 0) is 4.79 Å². The lowest BCUT2D eigenvalue weighted by atomic mass is 10.1. The summed E-state index contributed by atoms with van der Waals surface area (Å²) in [5.74, 6) is -1.24. The van der Waals surface area contributed by atoms with E-state index in [4.69, 9.17) is 5.11 Å². The molecular weight excluding hydrogens is 258 g/mol. The zero-order valence-corrected chi connectivity index (χ0v) is 11.0. The Morgan fingerprint density at radius 3 is 2.70 bits per heavy atom. The third kappa shape index (κ3) is 3.03. The Labute approximate surface area is 116 Å². The minimum Gasteiger partial charge on any atom is -0.481 e. The standard InChI is InChI=1S/C14H15N3O3/c1-10-4-2-3-5-12(10)17(7-6-13(18)19)14(20)11-8-15-9-16-11/h2-5,8-9H,6-7H2,1H3,(H,15,16)(H,18,19). The molecule has 0 atom stereocenters. The van der Waals surface area contributed by atoms with Gasteiger partial charge in [-0.3, -0.25) is 9.59 Å². The molecule has 0 aliphatic heterocycles. The van der Waals surface area contributed by atoms with E-state index in [1.54, 1.807) is 6.07 Å². The van der Waals surface area contributed by atoms with Crippen LogP contribution in [0.2, 0.25) is 0 Å². The largest absolute Gasteiger partial charge is 0.481 e. The lowest BCUT2D eigenvalue weighted by Crippen LogP contribution is -2.33. The average molecular weight is 273 g/mol. The Morgan fingerprint density at radius 1 is 1.35 bits per heavy atom. The lowest BCUT2D eigenvalue weighted by molar-refractivity contribution is -0.136. The molecule has 1 aromatic heterocycles. The van der Waals surface area contributed by atoms with Crippen LogP contribution in [0, 0.1) is 6.92 Å². The first kappa shape index (κ1) is 13.8. The number of rotatable bonds is 5. The van der Waals surface area contributed by atoms with Crippen molar-refractivity contribution in [2.24, 2.45) is 0 Å². The van der Waals surface area contributed by atoms with Crippen molar-refractivity contribution in [3.8, 4) is 0 Å². The highest BCUT2D eigenvalue weighted by Gasteiger charge is 2.20. The molecule has 6 nitrogen and oxygen atoms in total. The number of anilines is 1. The van der Waals surface area contributed by atoms with Crippen LogP contribution < -0.4 is 4.90 Å². The van der Waals surface area contributed by atoms with Gasteiger partial charge in [-0.25, -0.2) is 4.98 Å². The highest BCUT2D eigenvalue weighted by molar-refractivity contribution is 6.05. The van der Waals surface area contributed by atoms with Crippen molar-refractivity contribution < 1.29 is 14.7 Å². The second-order valence-corrected chi connectivity index (χ2v) is 4.35. The zero-order chi connectivity index (χ0) is 14.5. The zero-order valence-electron chi connectivity index (χ0n) is 11.0. The van der Waals surface area contributed by atoms with Gasteiger partial charge >= 0.3 is 5.97 Å². The van der Waals surface area contributed by atoms with E-state index in [-0.39, 0.29) is 18.9 Å². The van der Waals surface area contributed by atoms with Gasteiger partial charge in [0.25, 0.3) is 5.91 Å². The molecule has 1 heterocycles. The first-order valence-electron chi connectivity index (χ1n) is 6.17. The molecule has 2 rings (SSSR count). The van der Waals surface area contributed by atoms with Gasteiger partial charge in [0, 0.05) is 12.2 Å². The van der Waals surface area contributed by atoms with E-state index >= 15 is 0 Å². The van der Waals surface area contributed by atoms with Crippen LogP contribution in [0.5, 0.6) is 0 Å². The number of amides is 1. The van der Waals surface area contributed by atoms with Crippen molar-refractivity contribution in [2.75, 3.05) is 11.4 Å². The van der Waals surface area contributed by atoms with E-state index in [0.29, 0.717) is 11.4 Å². The van der Waals surface area contributed by atoms with Gasteiger partial charge in [-0.1, -0.05) is 18.2 Å². The minimum absolute atomic E-state index is 0.109. The normalized spacial score (nSPS) is 10.2. The number of carboxylic acids is 1. The molecule has 0 bridgehead atoms. The van der Waals surface area contributed by atoms with E-state index in [0.717, 1.165) is 5.56 Å². The number of nitrogens with one attached hydrogen (secondary N) is 1. The summed E-state index contributed by atoms with van der Waals surface area (Å²) in [5, 5.41) is 8.83. The van der Waals surface area contributed by atoms with Crippen LogP contribution in [0.1, 0.15) is 22.5 Å². The van der Waals surface area contributed by atoms with Crippen LogP contribution in [0.15, 0.2) is 36.8 Å². The van der Waals surface area contributed by atoms with Crippen molar-refractivity contribution in [1.29, 1.82) is 0 Å². The minimum atomic E-state index is -0.944. The van der Waals surface area contributed by atoms with Crippen molar-refractivity contribution in [3.63, 3.8) is 0 Å². The number of H-pyrrole nitrogens is 1. The molecule has 2 N–H and O–H groups in total. The summed E-state index contributed by atoms with van der Waals surface area (Å²) >= 11 is 0. The van der Waals surface area contributed by atoms with E-state index < -0.39 is 5.97 Å². The number of nitrogens with zero attached hydrogens (tertiary/aromatic N) is 2. The molecule has 0 unspecified atom stereocenters. The number of carbonyl (C=O) groups excluding carboxylic acids is 1. The number of para-hydroxylation sites is 1. The molecule has 0 aliphatic rings. The number of imidazole rings is 1. The maximum Gasteiger partial charge on any atom is 0.305 e. The van der Waals surface area contributed by atoms with Crippen LogP contribution in [0.4, 0.5) is 5.69 Å². The second-order valence-electron chi connectivity index (χ2n) is 4.35. The molecule has 0 saturated carbocycles. The number of benzene rings is 1. The monoisotopic (exact) mass is 273 g/mol. The van der Waals surface area contributed by atoms with Crippen LogP contribution in [-0.4, -0.2) is 33.5 Å². The highest BCUT2D eigenvalue weighted by atomic mass is 16.4. The molecule has 20 heavy (non-hydrogen) atoms. The van der Waals surface area contributed by atoms with Crippen molar-refractivity contribution in [3.05, 3.63) is 48.0 Å². The van der Waals surface area contributed by atoms with Gasteiger partial charge in [0.05, 0.1) is 18.9 Å². The average Bonchev–Trinajstić information content (AvgIpc) is 2.94. The van der Waals surface area contributed by atoms with Crippen molar-refractivity contribution in [2.45, 2.75) is 13.3 Å². The maximum absolute atomic E-state index is 12.4. The molecule has 0 saturated heterocycles. The molecule has 1 amide bonds. The molecule has 1 aromatic carbocycles. The summed E-state index contributed by atoms with van der Waals surface area (Å²) in [6.45, 7) is 1.99. The lowest BCUT2D eigenvalue weighted by Gasteiger charge is -2.23. The van der Waals surface area contributed by atoms with E-state index in [2.05, 4.69) is 9.97 Å². The van der Waals surface area contributed by atoms with Crippen molar-refractivity contribution >= 4 is 17.6 Å². The van der Waals surface area contributed by atoms with E-state index in [1.807, 2.05) is 25.1 Å². The van der Waals surface area contributed by atoms with Gasteiger partial charge in [0.2, 0.25) is 0 Å². The third-order valence-electron chi connectivity index (χ3n) is 2.93. The summed E-state index contributed by atoms with van der Waals surface area (Å²) in [7, 11) is 0. The van der Waals surface area contributed by atoms with Crippen LogP contribution in [0.25, 0.3) is 0 Å². The van der Waals surface area contributed by atoms with Crippen LogP contribution in [0.3, 0.4) is 0 Å². The number of aromatic nitrogens is 2. The Hall–Kier alpha value is -2.63. The maximum atomic E-state index is 12.4. The second kappa shape index (κ2) is 6.01. The highest BCUT2D eigenvalue weighted by Crippen LogP contribution is 2.21. The number of aliphatic carboxylic acids is 1. The molecule has 0 aliphatic carbocycles. The van der Waals surface area contributed by atoms with Gasteiger partial charge in [0.1, 0.15) is 5.69 Å². The summed E-state index contributed by atoms with van der Waals surface area (Å²) in [4.78, 5) is 31.2. The van der Waals surface area contributed by atoms with Gasteiger partial charge < -0.3 is 15.0 Å². The van der Waals surface area contributed by atoms with Gasteiger partial charge in [-0.2, -0.15) is 0 Å². The Kier molecular flexibility index (Phi) is 4.14. The number of carboxylic acid groups (broad SMARTS) is 1. The van der Waals surface area contributed by atoms with Gasteiger partial charge in [-0.15, -0.1) is 0 Å². The van der Waals surface area contributed by atoms with E-state index in [1.165, 1.54) is 17.4 Å². The third-order valence-corrected chi connectivity index (χ3v) is 2.93. The summed E-state index contributed by atoms with van der Waals surface area (Å²) in [6.07, 6.45) is 2.73. The Bertz CT molecular complexity index is 608. The fourth-order valence-corrected chi connectivity index (χ4v) is 1.92. The SMILES string of the molecule is Cc1ccccc1N(CCC(=O)O)C(=O)c1cnc[nH]1. The van der Waals surface area contributed by atoms with Gasteiger partial charge in [-0.05, 0) is 18.6 Å². The number of aryl methyl sites for hydroxylation is 1. The summed E-state index contributed by atoms with van der Waals surface area (Å²) < 4.78 is 0. The molecule has 0 fully saturated rings. The predicted molar refractivity (Wildman–Crippen MR) is 73.7 cm³/mol. The fourth-order valence-electron chi connectivity index (χ4n) is 1.92. The Morgan fingerprint density at radius 2 is 2.10 bits per heavy atom. The molecule has 6 heteroatoms. The predicted octanol–water partition coefficient (Wildman–Crippen LogP) is 1.84. The van der Waals surface area contributed by atoms with E-state index in [9.17, 15) is 9.59 Å². The molecule has 0 spiro atoms. The molecular formula is C14H15N3O3. The summed E-state index contributed by atoms with van der Waals surface area (Å²) in [5.41, 5.74) is 1.94. The first-order chi connectivity index (χ1) is 9.59. The molecule has 104 valence electrons. The quantitative estimate of drug-likeness (QED) is 0.870. The van der Waals surface area contributed by atoms with Crippen LogP contribution >= 0.6 is 0 Å². The number of aromatic amines is 1. The fraction of sp³-hybridized carbons (Fsp3) is 0.214. The molecule has 2 aromatic rings. The molecule has 0 radical (unpaired) electrons. The number of carbonyl (C=O) groups is 2. The van der Waals surface area contributed by atoms with Gasteiger partial charge in [0.15, 0.2) is 0 Å². The number of hydrogen-bond donors (Lipinski definition) is 2.